The van der Waals surface area contributed by atoms with E-state index in [0.717, 1.165) is 11.1 Å². The second-order valence-electron chi connectivity index (χ2n) is 3.58. The lowest BCUT2D eigenvalue weighted by molar-refractivity contribution is 0.589. The molecule has 0 saturated heterocycles. The Hall–Kier alpha value is -1.27. The van der Waals surface area contributed by atoms with Crippen molar-refractivity contribution in [3.63, 3.8) is 0 Å². The Kier molecular flexibility index (Phi) is 3.77. The standard InChI is InChI=1S/C10H17N3O2S/c1-4-12-16(14,15)13-10-8(3)7(2)5-6-9(10)11/h5-6,12-13H,4,11H2,1-3H3. The van der Waals surface area contributed by atoms with Crippen molar-refractivity contribution in [2.45, 2.75) is 20.8 Å². The molecule has 0 bridgehead atoms. The van der Waals surface area contributed by atoms with E-state index in [1.54, 1.807) is 13.0 Å². The Morgan fingerprint density at radius 2 is 1.94 bits per heavy atom. The van der Waals surface area contributed by atoms with Gasteiger partial charge in [-0.25, -0.2) is 0 Å². The van der Waals surface area contributed by atoms with Crippen LogP contribution in [0, 0.1) is 13.8 Å². The molecule has 0 aliphatic rings. The van der Waals surface area contributed by atoms with E-state index < -0.39 is 10.2 Å². The number of nitrogen functional groups attached to an aromatic ring is 1. The van der Waals surface area contributed by atoms with Crippen LogP contribution in [0.3, 0.4) is 0 Å². The number of hydrogen-bond donors (Lipinski definition) is 3. The topological polar surface area (TPSA) is 84.2 Å². The number of benzene rings is 1. The van der Waals surface area contributed by atoms with Crippen molar-refractivity contribution in [3.8, 4) is 0 Å². The van der Waals surface area contributed by atoms with Crippen LogP contribution < -0.4 is 15.2 Å². The Bertz CT molecular complexity index is 483. The highest BCUT2D eigenvalue weighted by Crippen LogP contribution is 2.26. The largest absolute Gasteiger partial charge is 0.397 e. The van der Waals surface area contributed by atoms with Gasteiger partial charge < -0.3 is 5.73 Å². The first kappa shape index (κ1) is 12.8. The minimum absolute atomic E-state index is 0.333. The van der Waals surface area contributed by atoms with Gasteiger partial charge >= 0.3 is 0 Å². The van der Waals surface area contributed by atoms with Gasteiger partial charge in [-0.05, 0) is 31.0 Å². The summed E-state index contributed by atoms with van der Waals surface area (Å²) < 4.78 is 27.9. The highest BCUT2D eigenvalue weighted by Gasteiger charge is 2.13. The number of aryl methyl sites for hydroxylation is 1. The first-order valence-electron chi connectivity index (χ1n) is 5.00. The van der Waals surface area contributed by atoms with Crippen LogP contribution in [-0.4, -0.2) is 15.0 Å². The summed E-state index contributed by atoms with van der Waals surface area (Å²) in [7, 11) is -3.53. The van der Waals surface area contributed by atoms with Gasteiger partial charge in [0.25, 0.3) is 10.2 Å². The molecule has 0 unspecified atom stereocenters. The molecule has 0 radical (unpaired) electrons. The van der Waals surface area contributed by atoms with E-state index in [2.05, 4.69) is 9.44 Å². The third-order valence-corrected chi connectivity index (χ3v) is 3.48. The maximum atomic E-state index is 11.5. The Balaban J connectivity index is 3.11. The van der Waals surface area contributed by atoms with Crippen molar-refractivity contribution in [1.29, 1.82) is 0 Å². The number of rotatable bonds is 4. The van der Waals surface area contributed by atoms with Crippen LogP contribution in [0.4, 0.5) is 11.4 Å². The molecule has 0 atom stereocenters. The lowest BCUT2D eigenvalue weighted by Crippen LogP contribution is -2.30. The smallest absolute Gasteiger partial charge is 0.299 e. The zero-order chi connectivity index (χ0) is 12.3. The molecule has 1 rings (SSSR count). The zero-order valence-corrected chi connectivity index (χ0v) is 10.5. The molecule has 6 heteroatoms. The van der Waals surface area contributed by atoms with E-state index in [1.165, 1.54) is 0 Å². The van der Waals surface area contributed by atoms with Gasteiger partial charge in [-0.15, -0.1) is 0 Å². The number of hydrogen-bond acceptors (Lipinski definition) is 3. The lowest BCUT2D eigenvalue weighted by atomic mass is 10.1. The van der Waals surface area contributed by atoms with Gasteiger partial charge in [0.15, 0.2) is 0 Å². The molecule has 4 N–H and O–H groups in total. The summed E-state index contributed by atoms with van der Waals surface area (Å²) in [4.78, 5) is 0. The summed E-state index contributed by atoms with van der Waals surface area (Å²) in [6.07, 6.45) is 0. The molecule has 16 heavy (non-hydrogen) atoms. The summed E-state index contributed by atoms with van der Waals surface area (Å²) in [6, 6.07) is 3.54. The third kappa shape index (κ3) is 2.86. The van der Waals surface area contributed by atoms with E-state index in [-0.39, 0.29) is 0 Å². The molecule has 0 amide bonds. The quantitative estimate of drug-likeness (QED) is 0.694. The fourth-order valence-electron chi connectivity index (χ4n) is 1.33. The van der Waals surface area contributed by atoms with Gasteiger partial charge in [0.05, 0.1) is 11.4 Å². The van der Waals surface area contributed by atoms with Gasteiger partial charge in [0.2, 0.25) is 0 Å². The van der Waals surface area contributed by atoms with Crippen molar-refractivity contribution >= 4 is 21.6 Å². The highest BCUT2D eigenvalue weighted by atomic mass is 32.2. The maximum absolute atomic E-state index is 11.5. The van der Waals surface area contributed by atoms with Crippen molar-refractivity contribution in [1.82, 2.24) is 4.72 Å². The van der Waals surface area contributed by atoms with Crippen molar-refractivity contribution in [2.75, 3.05) is 17.0 Å². The molecule has 1 aromatic carbocycles. The number of anilines is 2. The van der Waals surface area contributed by atoms with Gasteiger partial charge in [-0.3, -0.25) is 4.72 Å². The minimum Gasteiger partial charge on any atom is -0.397 e. The number of nitrogens with two attached hydrogens (primary N) is 1. The fraction of sp³-hybridized carbons (Fsp3) is 0.400. The normalized spacial score (nSPS) is 11.4. The SMILES string of the molecule is CCNS(=O)(=O)Nc1c(N)ccc(C)c1C. The van der Waals surface area contributed by atoms with Crippen LogP contribution in [-0.2, 0) is 10.2 Å². The second-order valence-corrected chi connectivity index (χ2v) is 5.07. The van der Waals surface area contributed by atoms with E-state index in [4.69, 9.17) is 5.73 Å². The number of nitrogens with one attached hydrogen (secondary N) is 2. The molecular formula is C10H17N3O2S. The van der Waals surface area contributed by atoms with Crippen molar-refractivity contribution in [3.05, 3.63) is 23.3 Å². The molecule has 0 aliphatic carbocycles. The zero-order valence-electron chi connectivity index (χ0n) is 9.66. The van der Waals surface area contributed by atoms with Gasteiger partial charge in [-0.1, -0.05) is 13.0 Å². The molecule has 0 aromatic heterocycles. The fourth-order valence-corrected chi connectivity index (χ4v) is 2.32. The van der Waals surface area contributed by atoms with Crippen LogP contribution in [0.1, 0.15) is 18.1 Å². The van der Waals surface area contributed by atoms with Crippen LogP contribution >= 0.6 is 0 Å². The van der Waals surface area contributed by atoms with E-state index in [9.17, 15) is 8.42 Å². The summed E-state index contributed by atoms with van der Waals surface area (Å²) in [5.41, 5.74) is 8.43. The summed E-state index contributed by atoms with van der Waals surface area (Å²) in [5.74, 6) is 0. The molecule has 0 spiro atoms. The summed E-state index contributed by atoms with van der Waals surface area (Å²) >= 11 is 0. The molecular weight excluding hydrogens is 226 g/mol. The maximum Gasteiger partial charge on any atom is 0.299 e. The molecule has 0 aliphatic heterocycles. The van der Waals surface area contributed by atoms with Gasteiger partial charge in [0.1, 0.15) is 0 Å². The predicted octanol–water partition coefficient (Wildman–Crippen LogP) is 1.15. The van der Waals surface area contributed by atoms with Crippen LogP contribution in [0.25, 0.3) is 0 Å². The van der Waals surface area contributed by atoms with Crippen LogP contribution in [0.15, 0.2) is 12.1 Å². The van der Waals surface area contributed by atoms with Crippen LogP contribution in [0.5, 0.6) is 0 Å². The van der Waals surface area contributed by atoms with Crippen LogP contribution in [0.2, 0.25) is 0 Å². The first-order valence-corrected chi connectivity index (χ1v) is 6.48. The van der Waals surface area contributed by atoms with Gasteiger partial charge in [-0.2, -0.15) is 13.1 Å². The Labute approximate surface area is 96.2 Å². The van der Waals surface area contributed by atoms with E-state index in [0.29, 0.717) is 17.9 Å². The van der Waals surface area contributed by atoms with Crippen molar-refractivity contribution in [2.24, 2.45) is 0 Å². The highest BCUT2D eigenvalue weighted by molar-refractivity contribution is 7.90. The Morgan fingerprint density at radius 3 is 2.50 bits per heavy atom. The third-order valence-electron chi connectivity index (χ3n) is 2.34. The molecule has 5 nitrogen and oxygen atoms in total. The second kappa shape index (κ2) is 4.71. The molecule has 0 fully saturated rings. The van der Waals surface area contributed by atoms with E-state index >= 15 is 0 Å². The van der Waals surface area contributed by atoms with E-state index in [1.807, 2.05) is 19.9 Å². The monoisotopic (exact) mass is 243 g/mol. The summed E-state index contributed by atoms with van der Waals surface area (Å²) in [5, 5.41) is 0. The van der Waals surface area contributed by atoms with Crippen molar-refractivity contribution < 1.29 is 8.42 Å². The summed E-state index contributed by atoms with van der Waals surface area (Å²) in [6.45, 7) is 5.78. The minimum atomic E-state index is -3.53. The molecule has 1 aromatic rings. The average Bonchev–Trinajstić information content (AvgIpc) is 2.19. The Morgan fingerprint density at radius 1 is 1.31 bits per heavy atom. The average molecular weight is 243 g/mol. The molecule has 90 valence electrons. The predicted molar refractivity (Wildman–Crippen MR) is 66.5 cm³/mol. The lowest BCUT2D eigenvalue weighted by Gasteiger charge is -2.14. The molecule has 0 saturated carbocycles. The molecule has 0 heterocycles. The first-order chi connectivity index (χ1) is 7.37. The van der Waals surface area contributed by atoms with Gasteiger partial charge in [0, 0.05) is 6.54 Å².